The lowest BCUT2D eigenvalue weighted by Crippen LogP contribution is -2.17. The summed E-state index contributed by atoms with van der Waals surface area (Å²) < 4.78 is 1.87. The van der Waals surface area contributed by atoms with Crippen LogP contribution in [-0.4, -0.2) is 42.4 Å². The lowest BCUT2D eigenvalue weighted by Gasteiger charge is -2.15. The van der Waals surface area contributed by atoms with Crippen LogP contribution in [0.1, 0.15) is 25.1 Å². The Labute approximate surface area is 122 Å². The van der Waals surface area contributed by atoms with Crippen LogP contribution in [0.25, 0.3) is 11.2 Å². The third-order valence-corrected chi connectivity index (χ3v) is 4.21. The summed E-state index contributed by atoms with van der Waals surface area (Å²) in [6.45, 7) is 5.90. The Morgan fingerprint density at radius 2 is 2.24 bits per heavy atom. The van der Waals surface area contributed by atoms with Crippen LogP contribution in [0, 0.1) is 5.92 Å². The van der Waals surface area contributed by atoms with Crippen LogP contribution in [0.3, 0.4) is 0 Å². The first-order valence-corrected chi connectivity index (χ1v) is 7.03. The molecular weight excluding hydrogens is 270 g/mol. The number of aliphatic hydroxyl groups is 2. The van der Waals surface area contributed by atoms with Crippen LogP contribution in [-0.2, 0) is 6.42 Å². The Hall–Kier alpha value is -1.99. The molecule has 0 aromatic carbocycles. The van der Waals surface area contributed by atoms with Crippen molar-refractivity contribution in [1.82, 2.24) is 19.5 Å². The first-order valence-electron chi connectivity index (χ1n) is 7.03. The average molecular weight is 289 g/mol. The molecule has 0 spiro atoms. The number of aromatic nitrogens is 4. The lowest BCUT2D eigenvalue weighted by molar-refractivity contribution is 0.101. The summed E-state index contributed by atoms with van der Waals surface area (Å²) in [5, 5.41) is 19.4. The molecule has 7 nitrogen and oxygen atoms in total. The van der Waals surface area contributed by atoms with Crippen molar-refractivity contribution in [3.8, 4) is 0 Å². The second kappa shape index (κ2) is 5.09. The first-order chi connectivity index (χ1) is 10.1. The molecule has 4 N–H and O–H groups in total. The quantitative estimate of drug-likeness (QED) is 0.707. The van der Waals surface area contributed by atoms with E-state index in [1.54, 1.807) is 6.33 Å². The van der Waals surface area contributed by atoms with Crippen LogP contribution in [0.2, 0.25) is 0 Å². The second-order valence-corrected chi connectivity index (χ2v) is 5.39. The number of nitrogens with zero attached hydrogens (tertiary/aromatic N) is 4. The van der Waals surface area contributed by atoms with Crippen LogP contribution in [0.15, 0.2) is 18.5 Å². The molecule has 0 radical (unpaired) electrons. The average Bonchev–Trinajstić information content (AvgIpc) is 2.99. The summed E-state index contributed by atoms with van der Waals surface area (Å²) in [4.78, 5) is 12.9. The number of imidazole rings is 1. The number of nitrogen functional groups attached to an aromatic ring is 1. The van der Waals surface area contributed by atoms with Gasteiger partial charge in [0, 0.05) is 5.92 Å². The zero-order valence-corrected chi connectivity index (χ0v) is 11.9. The Bertz CT molecular complexity index is 696. The van der Waals surface area contributed by atoms with Gasteiger partial charge in [0.2, 0.25) is 5.95 Å². The summed E-state index contributed by atoms with van der Waals surface area (Å²) in [5.41, 5.74) is 8.74. The molecule has 3 unspecified atom stereocenters. The van der Waals surface area contributed by atoms with Crippen molar-refractivity contribution in [2.24, 2.45) is 5.92 Å². The van der Waals surface area contributed by atoms with Crippen LogP contribution < -0.4 is 5.73 Å². The van der Waals surface area contributed by atoms with Gasteiger partial charge in [-0.15, -0.1) is 0 Å². The number of hydrogen-bond donors (Lipinski definition) is 3. The molecule has 21 heavy (non-hydrogen) atoms. The molecule has 0 bridgehead atoms. The van der Waals surface area contributed by atoms with Gasteiger partial charge in [-0.1, -0.05) is 13.5 Å². The van der Waals surface area contributed by atoms with Gasteiger partial charge in [0.15, 0.2) is 5.65 Å². The minimum atomic E-state index is -0.602. The van der Waals surface area contributed by atoms with E-state index in [1.807, 2.05) is 11.5 Å². The summed E-state index contributed by atoms with van der Waals surface area (Å²) in [6.07, 6.45) is 2.28. The van der Waals surface area contributed by atoms with Crippen LogP contribution >= 0.6 is 0 Å². The fraction of sp³-hybridized carbons (Fsp3) is 0.500. The second-order valence-electron chi connectivity index (χ2n) is 5.39. The standard InChI is InChI=1S/C14H19N5O2/c1-3-9-12-13(18-14(15)17-9)19(6-16-12)10-4-11(21)8(5-20)7(10)2/h6,8,10-11,20-21H,2-5H2,1H3,(H2,15,17,18). The SMILES string of the molecule is C=C1C(CO)C(O)CC1n1cnc2c(CC)nc(N)nc21. The normalized spacial score (nSPS) is 25.9. The number of nitrogens with two attached hydrogens (primary N) is 1. The zero-order chi connectivity index (χ0) is 15.1. The van der Waals surface area contributed by atoms with Gasteiger partial charge in [-0.25, -0.2) is 9.97 Å². The number of anilines is 1. The number of fused-ring (bicyclic) bond motifs is 1. The molecule has 2 heterocycles. The molecule has 1 fully saturated rings. The predicted molar refractivity (Wildman–Crippen MR) is 78.5 cm³/mol. The molecule has 1 saturated carbocycles. The number of aryl methyl sites for hydroxylation is 1. The van der Waals surface area contributed by atoms with Gasteiger partial charge in [0.05, 0.1) is 30.8 Å². The molecule has 1 aliphatic carbocycles. The van der Waals surface area contributed by atoms with Gasteiger partial charge >= 0.3 is 0 Å². The third kappa shape index (κ3) is 2.09. The van der Waals surface area contributed by atoms with Crippen molar-refractivity contribution in [3.05, 3.63) is 24.2 Å². The van der Waals surface area contributed by atoms with Crippen molar-refractivity contribution in [2.45, 2.75) is 31.9 Å². The van der Waals surface area contributed by atoms with E-state index in [-0.39, 0.29) is 24.5 Å². The minimum Gasteiger partial charge on any atom is -0.396 e. The Morgan fingerprint density at radius 1 is 1.48 bits per heavy atom. The highest BCUT2D eigenvalue weighted by Crippen LogP contribution is 2.40. The molecule has 3 atom stereocenters. The van der Waals surface area contributed by atoms with Crippen molar-refractivity contribution in [2.75, 3.05) is 12.3 Å². The first kappa shape index (κ1) is 14.0. The van der Waals surface area contributed by atoms with E-state index >= 15 is 0 Å². The number of aliphatic hydroxyl groups excluding tert-OH is 2. The molecule has 1 aliphatic rings. The van der Waals surface area contributed by atoms with Crippen molar-refractivity contribution in [3.63, 3.8) is 0 Å². The molecule has 0 saturated heterocycles. The number of hydrogen-bond acceptors (Lipinski definition) is 6. The summed E-state index contributed by atoms with van der Waals surface area (Å²) in [6, 6.07) is -0.138. The largest absolute Gasteiger partial charge is 0.396 e. The van der Waals surface area contributed by atoms with Gasteiger partial charge in [0.1, 0.15) is 5.52 Å². The van der Waals surface area contributed by atoms with E-state index in [0.29, 0.717) is 18.5 Å². The van der Waals surface area contributed by atoms with E-state index in [4.69, 9.17) is 5.73 Å². The molecule has 7 heteroatoms. The Morgan fingerprint density at radius 3 is 2.86 bits per heavy atom. The fourth-order valence-corrected chi connectivity index (χ4v) is 3.04. The predicted octanol–water partition coefficient (Wildman–Crippen LogP) is 0.441. The molecule has 0 amide bonds. The zero-order valence-electron chi connectivity index (χ0n) is 11.9. The molecule has 112 valence electrons. The lowest BCUT2D eigenvalue weighted by atomic mass is 10.0. The topological polar surface area (TPSA) is 110 Å². The van der Waals surface area contributed by atoms with Gasteiger partial charge in [-0.2, -0.15) is 4.98 Å². The van der Waals surface area contributed by atoms with E-state index < -0.39 is 6.10 Å². The van der Waals surface area contributed by atoms with E-state index in [1.165, 1.54) is 0 Å². The minimum absolute atomic E-state index is 0.111. The molecule has 3 rings (SSSR count). The van der Waals surface area contributed by atoms with Crippen LogP contribution in [0.4, 0.5) is 5.95 Å². The Balaban J connectivity index is 2.10. The van der Waals surface area contributed by atoms with Crippen LogP contribution in [0.5, 0.6) is 0 Å². The molecular formula is C14H19N5O2. The van der Waals surface area contributed by atoms with Crippen molar-refractivity contribution < 1.29 is 10.2 Å². The van der Waals surface area contributed by atoms with Gasteiger partial charge in [-0.05, 0) is 18.4 Å². The third-order valence-electron chi connectivity index (χ3n) is 4.21. The van der Waals surface area contributed by atoms with Gasteiger partial charge < -0.3 is 20.5 Å². The maximum atomic E-state index is 10.0. The smallest absolute Gasteiger partial charge is 0.222 e. The molecule has 0 aliphatic heterocycles. The van der Waals surface area contributed by atoms with Gasteiger partial charge in [-0.3, -0.25) is 0 Å². The van der Waals surface area contributed by atoms with Crippen molar-refractivity contribution in [1.29, 1.82) is 0 Å². The highest BCUT2D eigenvalue weighted by molar-refractivity contribution is 5.75. The van der Waals surface area contributed by atoms with E-state index in [2.05, 4.69) is 21.5 Å². The van der Waals surface area contributed by atoms with Gasteiger partial charge in [0.25, 0.3) is 0 Å². The highest BCUT2D eigenvalue weighted by Gasteiger charge is 2.37. The van der Waals surface area contributed by atoms with E-state index in [9.17, 15) is 10.2 Å². The molecule has 2 aromatic rings. The summed E-state index contributed by atoms with van der Waals surface area (Å²) >= 11 is 0. The Kier molecular flexibility index (Phi) is 3.38. The fourth-order valence-electron chi connectivity index (χ4n) is 3.04. The van der Waals surface area contributed by atoms with E-state index in [0.717, 1.165) is 16.8 Å². The summed E-state index contributed by atoms with van der Waals surface area (Å²) in [7, 11) is 0. The molecule has 2 aromatic heterocycles. The van der Waals surface area contributed by atoms with Crippen molar-refractivity contribution >= 4 is 17.1 Å². The monoisotopic (exact) mass is 289 g/mol. The maximum absolute atomic E-state index is 10.0. The maximum Gasteiger partial charge on any atom is 0.222 e. The number of rotatable bonds is 3. The highest BCUT2D eigenvalue weighted by atomic mass is 16.3. The summed E-state index contributed by atoms with van der Waals surface area (Å²) in [5.74, 6) is -0.0961.